The standard InChI is InChI=1S/C24H24N4O5/c1-32-18-7-6-17(14-10-12-33-13-11-14)21-22(18)26-24(25-21)27-23(31)15-2-4-16(5-3-15)28-19(29)8-9-20(28)30/h2-7,14H,8-13H2,1H3,(H2,25,26,27,31). The van der Waals surface area contributed by atoms with Crippen molar-refractivity contribution in [1.29, 1.82) is 0 Å². The molecule has 0 radical (unpaired) electrons. The first kappa shape index (κ1) is 21.1. The number of nitrogens with zero attached hydrogens (tertiary/aromatic N) is 2. The van der Waals surface area contributed by atoms with E-state index in [0.717, 1.165) is 47.6 Å². The van der Waals surface area contributed by atoms with E-state index >= 15 is 0 Å². The first-order valence-corrected chi connectivity index (χ1v) is 11.0. The number of imidazole rings is 1. The molecule has 0 bridgehead atoms. The van der Waals surface area contributed by atoms with Crippen LogP contribution in [0.5, 0.6) is 5.75 Å². The number of aromatic nitrogens is 2. The van der Waals surface area contributed by atoms with Crippen molar-refractivity contribution >= 4 is 40.4 Å². The van der Waals surface area contributed by atoms with Crippen molar-refractivity contribution in [2.45, 2.75) is 31.6 Å². The van der Waals surface area contributed by atoms with Gasteiger partial charge in [-0.3, -0.25) is 24.6 Å². The Bertz CT molecular complexity index is 1210. The number of imide groups is 1. The van der Waals surface area contributed by atoms with Gasteiger partial charge in [0.25, 0.3) is 5.91 Å². The topological polar surface area (TPSA) is 114 Å². The van der Waals surface area contributed by atoms with Crippen LogP contribution in [0.3, 0.4) is 0 Å². The van der Waals surface area contributed by atoms with E-state index in [1.165, 1.54) is 0 Å². The fourth-order valence-corrected chi connectivity index (χ4v) is 4.46. The Balaban J connectivity index is 1.39. The van der Waals surface area contributed by atoms with Gasteiger partial charge in [-0.25, -0.2) is 4.98 Å². The third-order valence-corrected chi connectivity index (χ3v) is 6.19. The summed E-state index contributed by atoms with van der Waals surface area (Å²) in [4.78, 5) is 45.6. The molecular weight excluding hydrogens is 424 g/mol. The molecule has 9 heteroatoms. The van der Waals surface area contributed by atoms with Crippen molar-refractivity contribution in [3.63, 3.8) is 0 Å². The third kappa shape index (κ3) is 3.95. The second-order valence-corrected chi connectivity index (χ2v) is 8.18. The number of carbonyl (C=O) groups excluding carboxylic acids is 3. The number of hydrogen-bond donors (Lipinski definition) is 2. The van der Waals surface area contributed by atoms with Crippen molar-refractivity contribution in [1.82, 2.24) is 9.97 Å². The molecule has 3 amide bonds. The second-order valence-electron chi connectivity index (χ2n) is 8.18. The predicted molar refractivity (Wildman–Crippen MR) is 122 cm³/mol. The normalized spacial score (nSPS) is 17.1. The lowest BCUT2D eigenvalue weighted by Gasteiger charge is -2.22. The Labute approximate surface area is 190 Å². The van der Waals surface area contributed by atoms with Crippen LogP contribution in [-0.4, -0.2) is 48.0 Å². The predicted octanol–water partition coefficient (Wildman–Crippen LogP) is 3.37. The maximum Gasteiger partial charge on any atom is 0.257 e. The minimum Gasteiger partial charge on any atom is -0.494 e. The van der Waals surface area contributed by atoms with Crippen LogP contribution in [0.1, 0.15) is 47.5 Å². The van der Waals surface area contributed by atoms with Gasteiger partial charge in [-0.05, 0) is 54.7 Å². The molecule has 2 N–H and O–H groups in total. The van der Waals surface area contributed by atoms with Gasteiger partial charge in [0.05, 0.1) is 18.3 Å². The van der Waals surface area contributed by atoms with Gasteiger partial charge in [0.2, 0.25) is 17.8 Å². The molecule has 2 aliphatic rings. The second kappa shape index (κ2) is 8.67. The highest BCUT2D eigenvalue weighted by Gasteiger charge is 2.30. The van der Waals surface area contributed by atoms with Gasteiger partial charge in [-0.15, -0.1) is 0 Å². The average molecular weight is 448 g/mol. The highest BCUT2D eigenvalue weighted by atomic mass is 16.5. The summed E-state index contributed by atoms with van der Waals surface area (Å²) in [5.74, 6) is 0.497. The molecule has 2 saturated heterocycles. The van der Waals surface area contributed by atoms with Crippen LogP contribution < -0.4 is 15.0 Å². The molecule has 0 saturated carbocycles. The Morgan fingerprint density at radius 3 is 2.45 bits per heavy atom. The van der Waals surface area contributed by atoms with Crippen LogP contribution in [0.4, 0.5) is 11.6 Å². The number of methoxy groups -OCH3 is 1. The van der Waals surface area contributed by atoms with Crippen LogP contribution >= 0.6 is 0 Å². The fraction of sp³-hybridized carbons (Fsp3) is 0.333. The summed E-state index contributed by atoms with van der Waals surface area (Å²) in [6, 6.07) is 10.3. The molecule has 170 valence electrons. The van der Waals surface area contributed by atoms with Gasteiger partial charge < -0.3 is 14.5 Å². The molecule has 0 atom stereocenters. The van der Waals surface area contributed by atoms with Crippen molar-refractivity contribution in [2.24, 2.45) is 0 Å². The number of rotatable bonds is 5. The van der Waals surface area contributed by atoms with Crippen molar-refractivity contribution in [3.8, 4) is 5.75 Å². The molecule has 9 nitrogen and oxygen atoms in total. The van der Waals surface area contributed by atoms with Crippen molar-refractivity contribution < 1.29 is 23.9 Å². The van der Waals surface area contributed by atoms with E-state index in [1.54, 1.807) is 31.4 Å². The number of benzene rings is 2. The zero-order valence-corrected chi connectivity index (χ0v) is 18.2. The zero-order chi connectivity index (χ0) is 22.9. The van der Waals surface area contributed by atoms with Gasteiger partial charge >= 0.3 is 0 Å². The number of amides is 3. The molecular formula is C24H24N4O5. The number of H-pyrrole nitrogens is 1. The molecule has 0 spiro atoms. The Morgan fingerprint density at radius 2 is 1.79 bits per heavy atom. The molecule has 1 aromatic heterocycles. The maximum atomic E-state index is 12.8. The van der Waals surface area contributed by atoms with Crippen LogP contribution in [0.25, 0.3) is 11.0 Å². The largest absolute Gasteiger partial charge is 0.494 e. The lowest BCUT2D eigenvalue weighted by Crippen LogP contribution is -2.28. The van der Waals surface area contributed by atoms with Gasteiger partial charge in [-0.2, -0.15) is 0 Å². The first-order chi connectivity index (χ1) is 16.0. The number of carbonyl (C=O) groups is 3. The van der Waals surface area contributed by atoms with E-state index in [-0.39, 0.29) is 30.6 Å². The molecule has 2 fully saturated rings. The monoisotopic (exact) mass is 448 g/mol. The summed E-state index contributed by atoms with van der Waals surface area (Å²) in [5.41, 5.74) is 3.47. The molecule has 33 heavy (non-hydrogen) atoms. The van der Waals surface area contributed by atoms with E-state index in [0.29, 0.717) is 28.9 Å². The quantitative estimate of drug-likeness (QED) is 0.579. The molecule has 3 aromatic rings. The van der Waals surface area contributed by atoms with Gasteiger partial charge in [-0.1, -0.05) is 6.07 Å². The molecule has 0 unspecified atom stereocenters. The van der Waals surface area contributed by atoms with E-state index in [2.05, 4.69) is 15.3 Å². The summed E-state index contributed by atoms with van der Waals surface area (Å²) in [7, 11) is 1.60. The van der Waals surface area contributed by atoms with E-state index < -0.39 is 0 Å². The Hall–Kier alpha value is -3.72. The van der Waals surface area contributed by atoms with Crippen LogP contribution in [0.2, 0.25) is 0 Å². The summed E-state index contributed by atoms with van der Waals surface area (Å²) in [6.07, 6.45) is 2.27. The number of ether oxygens (including phenoxy) is 2. The minimum absolute atomic E-state index is 0.215. The lowest BCUT2D eigenvalue weighted by molar-refractivity contribution is -0.121. The number of fused-ring (bicyclic) bond motifs is 1. The first-order valence-electron chi connectivity index (χ1n) is 11.0. The lowest BCUT2D eigenvalue weighted by atomic mass is 9.90. The Morgan fingerprint density at radius 1 is 1.09 bits per heavy atom. The summed E-state index contributed by atoms with van der Waals surface area (Å²) in [5, 5.41) is 2.80. The van der Waals surface area contributed by atoms with E-state index in [9.17, 15) is 14.4 Å². The number of anilines is 2. The average Bonchev–Trinajstić information content (AvgIpc) is 3.41. The molecule has 3 heterocycles. The third-order valence-electron chi connectivity index (χ3n) is 6.19. The van der Waals surface area contributed by atoms with Gasteiger partial charge in [0.15, 0.2) is 0 Å². The highest BCUT2D eigenvalue weighted by Crippen LogP contribution is 2.36. The molecule has 2 aliphatic heterocycles. The zero-order valence-electron chi connectivity index (χ0n) is 18.2. The maximum absolute atomic E-state index is 12.8. The fourth-order valence-electron chi connectivity index (χ4n) is 4.46. The molecule has 0 aliphatic carbocycles. The van der Waals surface area contributed by atoms with E-state index in [1.807, 2.05) is 12.1 Å². The molecule has 2 aromatic carbocycles. The minimum atomic E-state index is -0.355. The smallest absolute Gasteiger partial charge is 0.257 e. The van der Waals surface area contributed by atoms with Crippen molar-refractivity contribution in [3.05, 3.63) is 47.5 Å². The van der Waals surface area contributed by atoms with E-state index in [4.69, 9.17) is 9.47 Å². The molecule has 5 rings (SSSR count). The Kier molecular flexibility index (Phi) is 5.55. The highest BCUT2D eigenvalue weighted by molar-refractivity contribution is 6.20. The van der Waals surface area contributed by atoms with Crippen LogP contribution in [0, 0.1) is 0 Å². The summed E-state index contributed by atoms with van der Waals surface area (Å²) >= 11 is 0. The van der Waals surface area contributed by atoms with Crippen LogP contribution in [0.15, 0.2) is 36.4 Å². The van der Waals surface area contributed by atoms with Crippen LogP contribution in [-0.2, 0) is 14.3 Å². The SMILES string of the molecule is COc1ccc(C2CCOCC2)c2nc(NC(=O)c3ccc(N4C(=O)CCC4=O)cc3)[nH]c12. The van der Waals surface area contributed by atoms with Gasteiger partial charge in [0, 0.05) is 31.6 Å². The number of hydrogen-bond acceptors (Lipinski definition) is 6. The van der Waals surface area contributed by atoms with Gasteiger partial charge in [0.1, 0.15) is 11.3 Å². The number of nitrogens with one attached hydrogen (secondary N) is 2. The summed E-state index contributed by atoms with van der Waals surface area (Å²) < 4.78 is 11.0. The summed E-state index contributed by atoms with van der Waals surface area (Å²) in [6.45, 7) is 1.44. The van der Waals surface area contributed by atoms with Crippen molar-refractivity contribution in [2.75, 3.05) is 30.5 Å². The number of aromatic amines is 1.